The topological polar surface area (TPSA) is 58.6 Å². The Balaban J connectivity index is 1.95. The quantitative estimate of drug-likeness (QED) is 0.308. The molecule has 0 aliphatic heterocycles. The number of carbonyl (C=O) groups is 2. The summed E-state index contributed by atoms with van der Waals surface area (Å²) in [6, 6.07) is 24.7. The molecular weight excluding hydrogens is 540 g/mol. The Labute approximate surface area is 235 Å². The Morgan fingerprint density at radius 3 is 2.05 bits per heavy atom. The van der Waals surface area contributed by atoms with E-state index in [1.807, 2.05) is 99.6 Å². The van der Waals surface area contributed by atoms with Crippen LogP contribution < -0.4 is 10.1 Å². The zero-order valence-corrected chi connectivity index (χ0v) is 24.8. The van der Waals surface area contributed by atoms with E-state index >= 15 is 0 Å². The molecule has 0 aliphatic carbocycles. The number of nitrogens with one attached hydrogen (secondary N) is 1. The Hall–Kier alpha value is -3.12. The van der Waals surface area contributed by atoms with Gasteiger partial charge < -0.3 is 15.0 Å². The Kier molecular flexibility index (Phi) is 9.77. The number of ether oxygens (including phenoxy) is 1. The number of nitrogens with zero attached hydrogens (tertiary/aromatic N) is 1. The molecule has 3 rings (SSSR count). The van der Waals surface area contributed by atoms with Crippen LogP contribution in [0.1, 0.15) is 58.2 Å². The van der Waals surface area contributed by atoms with Gasteiger partial charge >= 0.3 is 0 Å². The third-order valence-corrected chi connectivity index (χ3v) is 6.61. The van der Waals surface area contributed by atoms with Gasteiger partial charge in [0.25, 0.3) is 5.91 Å². The number of benzene rings is 3. The molecule has 0 spiro atoms. The molecule has 1 atom stereocenters. The molecule has 202 valence electrons. The van der Waals surface area contributed by atoms with E-state index in [0.29, 0.717) is 12.2 Å². The highest BCUT2D eigenvalue weighted by Gasteiger charge is 2.32. The second-order valence-corrected chi connectivity index (χ2v) is 12.5. The first kappa shape index (κ1) is 29.4. The van der Waals surface area contributed by atoms with Crippen molar-refractivity contribution in [3.8, 4) is 5.75 Å². The summed E-state index contributed by atoms with van der Waals surface area (Å²) in [5, 5.41) is 3.09. The van der Waals surface area contributed by atoms with Crippen molar-refractivity contribution >= 4 is 27.7 Å². The lowest BCUT2D eigenvalue weighted by molar-refractivity contribution is -0.143. The Bertz CT molecular complexity index is 1210. The summed E-state index contributed by atoms with van der Waals surface area (Å²) in [6.07, 6.45) is 0.392. The first-order valence-corrected chi connectivity index (χ1v) is 13.7. The maximum absolute atomic E-state index is 13.9. The van der Waals surface area contributed by atoms with Crippen molar-refractivity contribution in [3.63, 3.8) is 0 Å². The highest BCUT2D eigenvalue weighted by molar-refractivity contribution is 9.10. The van der Waals surface area contributed by atoms with Gasteiger partial charge in [0.1, 0.15) is 11.8 Å². The lowest BCUT2D eigenvalue weighted by Crippen LogP contribution is -2.55. The zero-order chi connectivity index (χ0) is 27.9. The average Bonchev–Trinajstić information content (AvgIpc) is 2.85. The number of amides is 2. The van der Waals surface area contributed by atoms with E-state index in [4.69, 9.17) is 4.74 Å². The van der Waals surface area contributed by atoms with Gasteiger partial charge in [-0.05, 0) is 61.1 Å². The monoisotopic (exact) mass is 578 g/mol. The van der Waals surface area contributed by atoms with Crippen molar-refractivity contribution in [2.45, 2.75) is 71.5 Å². The molecule has 0 saturated carbocycles. The van der Waals surface area contributed by atoms with Crippen LogP contribution in [-0.2, 0) is 28.0 Å². The lowest BCUT2D eigenvalue weighted by Gasteiger charge is -2.34. The van der Waals surface area contributed by atoms with E-state index in [9.17, 15) is 9.59 Å². The molecule has 2 amide bonds. The van der Waals surface area contributed by atoms with Gasteiger partial charge in [-0.1, -0.05) is 97.4 Å². The summed E-state index contributed by atoms with van der Waals surface area (Å²) in [7, 11) is 0. The molecule has 38 heavy (non-hydrogen) atoms. The van der Waals surface area contributed by atoms with Crippen molar-refractivity contribution in [1.29, 1.82) is 0 Å². The number of para-hydroxylation sites is 1. The van der Waals surface area contributed by atoms with E-state index < -0.39 is 11.6 Å². The number of hydrogen-bond donors (Lipinski definition) is 1. The first-order valence-electron chi connectivity index (χ1n) is 13.0. The number of hydrogen-bond acceptors (Lipinski definition) is 3. The fourth-order valence-electron chi connectivity index (χ4n) is 4.23. The summed E-state index contributed by atoms with van der Waals surface area (Å²) < 4.78 is 7.07. The second kappa shape index (κ2) is 12.6. The van der Waals surface area contributed by atoms with Crippen molar-refractivity contribution in [2.75, 3.05) is 6.61 Å². The van der Waals surface area contributed by atoms with Crippen molar-refractivity contribution in [3.05, 3.63) is 100 Å². The second-order valence-electron chi connectivity index (χ2n) is 11.6. The molecule has 0 fully saturated rings. The molecule has 0 aromatic heterocycles. The maximum Gasteiger partial charge on any atom is 0.261 e. The van der Waals surface area contributed by atoms with Gasteiger partial charge in [-0.25, -0.2) is 0 Å². The molecule has 1 N–H and O–H groups in total. The molecule has 0 aliphatic rings. The fourth-order valence-corrected chi connectivity index (χ4v) is 4.49. The molecule has 0 saturated heterocycles. The molecular formula is C32H39BrN2O3. The Morgan fingerprint density at radius 1 is 0.842 bits per heavy atom. The minimum Gasteiger partial charge on any atom is -0.483 e. The summed E-state index contributed by atoms with van der Waals surface area (Å²) in [6.45, 7) is 12.3. The molecule has 0 radical (unpaired) electrons. The fraction of sp³-hybridized carbons (Fsp3) is 0.375. The maximum atomic E-state index is 13.9. The summed E-state index contributed by atoms with van der Waals surface area (Å²) in [5.74, 6) is 0.235. The third-order valence-electron chi connectivity index (χ3n) is 6.08. The predicted molar refractivity (Wildman–Crippen MR) is 157 cm³/mol. The number of carbonyl (C=O) groups excluding carboxylic acids is 2. The summed E-state index contributed by atoms with van der Waals surface area (Å²) in [4.78, 5) is 29.2. The minimum atomic E-state index is -0.714. The van der Waals surface area contributed by atoms with Gasteiger partial charge in [-0.2, -0.15) is 0 Å². The third kappa shape index (κ3) is 8.73. The normalized spacial score (nSPS) is 12.5. The zero-order valence-electron chi connectivity index (χ0n) is 23.3. The van der Waals surface area contributed by atoms with Crippen LogP contribution in [0.2, 0.25) is 0 Å². The smallest absolute Gasteiger partial charge is 0.261 e. The van der Waals surface area contributed by atoms with Crippen LogP contribution in [0, 0.1) is 0 Å². The van der Waals surface area contributed by atoms with Crippen LogP contribution in [0.3, 0.4) is 0 Å². The van der Waals surface area contributed by atoms with Crippen LogP contribution in [-0.4, -0.2) is 34.9 Å². The summed E-state index contributed by atoms with van der Waals surface area (Å²) >= 11 is 3.48. The van der Waals surface area contributed by atoms with Crippen LogP contribution in [0.5, 0.6) is 5.75 Å². The van der Waals surface area contributed by atoms with Crippen LogP contribution in [0.25, 0.3) is 0 Å². The Morgan fingerprint density at radius 2 is 1.45 bits per heavy atom. The molecule has 0 heterocycles. The predicted octanol–water partition coefficient (Wildman–Crippen LogP) is 6.68. The van der Waals surface area contributed by atoms with Crippen molar-refractivity contribution in [2.24, 2.45) is 0 Å². The highest BCUT2D eigenvalue weighted by Crippen LogP contribution is 2.31. The van der Waals surface area contributed by atoms with E-state index in [1.165, 1.54) is 0 Å². The van der Waals surface area contributed by atoms with Gasteiger partial charge in [0.2, 0.25) is 5.91 Å². The molecule has 3 aromatic rings. The standard InChI is InChI=1S/C32H39BrN2O3/c1-31(2,3)26-14-10-11-15-28(26)38-22-29(36)35(21-24-16-18-25(33)19-17-24)27(30(37)34-32(4,5)6)20-23-12-8-7-9-13-23/h7-19,27H,20-22H2,1-6H3,(H,34,37)/t27-/m1/s1. The van der Waals surface area contributed by atoms with Gasteiger partial charge in [0, 0.05) is 23.0 Å². The lowest BCUT2D eigenvalue weighted by atomic mass is 9.86. The van der Waals surface area contributed by atoms with E-state index in [2.05, 4.69) is 42.0 Å². The highest BCUT2D eigenvalue weighted by atomic mass is 79.9. The molecule has 6 heteroatoms. The SMILES string of the molecule is CC(C)(C)NC(=O)[C@@H](Cc1ccccc1)N(Cc1ccc(Br)cc1)C(=O)COc1ccccc1C(C)(C)C. The van der Waals surface area contributed by atoms with Crippen molar-refractivity contribution in [1.82, 2.24) is 10.2 Å². The number of halogens is 1. The largest absolute Gasteiger partial charge is 0.483 e. The molecule has 3 aromatic carbocycles. The molecule has 0 bridgehead atoms. The summed E-state index contributed by atoms with van der Waals surface area (Å²) in [5.41, 5.74) is 2.35. The average molecular weight is 580 g/mol. The van der Waals surface area contributed by atoms with Crippen LogP contribution >= 0.6 is 15.9 Å². The van der Waals surface area contributed by atoms with Gasteiger partial charge in [-0.15, -0.1) is 0 Å². The van der Waals surface area contributed by atoms with Gasteiger partial charge in [0.15, 0.2) is 6.61 Å². The van der Waals surface area contributed by atoms with Crippen LogP contribution in [0.15, 0.2) is 83.3 Å². The number of rotatable bonds is 9. The molecule has 5 nitrogen and oxygen atoms in total. The first-order chi connectivity index (χ1) is 17.8. The van der Waals surface area contributed by atoms with E-state index in [1.54, 1.807) is 4.90 Å². The van der Waals surface area contributed by atoms with Crippen molar-refractivity contribution < 1.29 is 14.3 Å². The van der Waals surface area contributed by atoms with E-state index in [0.717, 1.165) is 21.2 Å². The van der Waals surface area contributed by atoms with Gasteiger partial charge in [-0.3, -0.25) is 9.59 Å². The van der Waals surface area contributed by atoms with Gasteiger partial charge in [0.05, 0.1) is 0 Å². The van der Waals surface area contributed by atoms with E-state index in [-0.39, 0.29) is 30.4 Å². The molecule has 0 unspecified atom stereocenters. The van der Waals surface area contributed by atoms with Crippen LogP contribution in [0.4, 0.5) is 0 Å². The minimum absolute atomic E-state index is 0.140.